The lowest BCUT2D eigenvalue weighted by molar-refractivity contribution is 0.176. The predicted octanol–water partition coefficient (Wildman–Crippen LogP) is 3.70. The van der Waals surface area contributed by atoms with Crippen LogP contribution in [0.1, 0.15) is 31.4 Å². The number of benzene rings is 1. The smallest absolute Gasteiger partial charge is 0.142 e. The van der Waals surface area contributed by atoms with Gasteiger partial charge in [0.25, 0.3) is 0 Å². The first-order valence-corrected chi connectivity index (χ1v) is 6.96. The van der Waals surface area contributed by atoms with Gasteiger partial charge in [-0.2, -0.15) is 0 Å². The van der Waals surface area contributed by atoms with E-state index in [-0.39, 0.29) is 17.0 Å². The van der Waals surface area contributed by atoms with Crippen molar-refractivity contribution in [3.63, 3.8) is 0 Å². The van der Waals surface area contributed by atoms with E-state index in [2.05, 4.69) is 5.32 Å². The zero-order valence-corrected chi connectivity index (χ0v) is 11.6. The molecule has 1 heterocycles. The van der Waals surface area contributed by atoms with Crippen LogP contribution in [-0.4, -0.2) is 19.8 Å². The van der Waals surface area contributed by atoms with Gasteiger partial charge in [0.15, 0.2) is 0 Å². The first kappa shape index (κ1) is 14.7. The molecular formula is C14H18ClF2NO. The van der Waals surface area contributed by atoms with Gasteiger partial charge >= 0.3 is 0 Å². The van der Waals surface area contributed by atoms with E-state index in [0.29, 0.717) is 18.8 Å². The van der Waals surface area contributed by atoms with Crippen LogP contribution >= 0.6 is 11.6 Å². The summed E-state index contributed by atoms with van der Waals surface area (Å²) in [4.78, 5) is 0. The zero-order chi connectivity index (χ0) is 13.8. The summed E-state index contributed by atoms with van der Waals surface area (Å²) in [6.07, 6.45) is 1.78. The Morgan fingerprint density at radius 2 is 2.21 bits per heavy atom. The van der Waals surface area contributed by atoms with Gasteiger partial charge in [-0.1, -0.05) is 18.5 Å². The molecule has 1 saturated heterocycles. The van der Waals surface area contributed by atoms with Crippen LogP contribution in [-0.2, 0) is 4.74 Å². The van der Waals surface area contributed by atoms with Crippen LogP contribution in [0.25, 0.3) is 0 Å². The van der Waals surface area contributed by atoms with E-state index < -0.39 is 11.6 Å². The van der Waals surface area contributed by atoms with Gasteiger partial charge in [-0.25, -0.2) is 8.78 Å². The normalized spacial score (nSPS) is 20.7. The topological polar surface area (TPSA) is 21.3 Å². The fourth-order valence-corrected chi connectivity index (χ4v) is 2.57. The first-order valence-electron chi connectivity index (χ1n) is 6.59. The second-order valence-electron chi connectivity index (χ2n) is 4.84. The summed E-state index contributed by atoms with van der Waals surface area (Å²) in [6.45, 7) is 4.04. The van der Waals surface area contributed by atoms with Crippen molar-refractivity contribution >= 4 is 11.6 Å². The highest BCUT2D eigenvalue weighted by atomic mass is 35.5. The molecule has 1 aromatic rings. The summed E-state index contributed by atoms with van der Waals surface area (Å²) in [6, 6.07) is 2.01. The number of hydrogen-bond acceptors (Lipinski definition) is 2. The third-order valence-electron chi connectivity index (χ3n) is 3.43. The maximum Gasteiger partial charge on any atom is 0.142 e. The highest BCUT2D eigenvalue weighted by Crippen LogP contribution is 2.32. The van der Waals surface area contributed by atoms with E-state index >= 15 is 0 Å². The van der Waals surface area contributed by atoms with Gasteiger partial charge in [0.05, 0.1) is 11.6 Å². The summed E-state index contributed by atoms with van der Waals surface area (Å²) in [5, 5.41) is 3.10. The van der Waals surface area contributed by atoms with Crippen molar-refractivity contribution < 1.29 is 13.5 Å². The minimum atomic E-state index is -0.583. The molecule has 2 rings (SSSR count). The van der Waals surface area contributed by atoms with Crippen molar-refractivity contribution in [1.29, 1.82) is 0 Å². The zero-order valence-electron chi connectivity index (χ0n) is 10.9. The Kier molecular flexibility index (Phi) is 5.13. The molecule has 0 aromatic heterocycles. The number of ether oxygens (including phenoxy) is 1. The Labute approximate surface area is 117 Å². The van der Waals surface area contributed by atoms with Crippen LogP contribution in [0.2, 0.25) is 5.02 Å². The molecule has 0 aliphatic carbocycles. The molecular weight excluding hydrogens is 272 g/mol. The van der Waals surface area contributed by atoms with Crippen molar-refractivity contribution in [2.24, 2.45) is 5.92 Å². The second kappa shape index (κ2) is 6.64. The Balaban J connectivity index is 2.28. The van der Waals surface area contributed by atoms with Gasteiger partial charge in [0.2, 0.25) is 0 Å². The third-order valence-corrected chi connectivity index (χ3v) is 3.71. The van der Waals surface area contributed by atoms with E-state index in [1.54, 1.807) is 0 Å². The van der Waals surface area contributed by atoms with Crippen molar-refractivity contribution in [3.8, 4) is 0 Å². The number of rotatable bonds is 5. The van der Waals surface area contributed by atoms with Crippen molar-refractivity contribution in [3.05, 3.63) is 34.4 Å². The van der Waals surface area contributed by atoms with Gasteiger partial charge in [-0.15, -0.1) is 0 Å². The van der Waals surface area contributed by atoms with Crippen LogP contribution < -0.4 is 5.32 Å². The Morgan fingerprint density at radius 1 is 1.42 bits per heavy atom. The molecule has 0 saturated carbocycles. The predicted molar refractivity (Wildman–Crippen MR) is 71.3 cm³/mol. The van der Waals surface area contributed by atoms with Gasteiger partial charge < -0.3 is 10.1 Å². The quantitative estimate of drug-likeness (QED) is 0.835. The van der Waals surface area contributed by atoms with Gasteiger partial charge in [0, 0.05) is 24.1 Å². The van der Waals surface area contributed by atoms with Crippen LogP contribution in [0.15, 0.2) is 12.1 Å². The van der Waals surface area contributed by atoms with Crippen molar-refractivity contribution in [2.45, 2.75) is 25.8 Å². The number of nitrogens with one attached hydrogen (secondary N) is 1. The lowest BCUT2D eigenvalue weighted by Crippen LogP contribution is -2.30. The SMILES string of the molecule is CCCNC(c1cc(F)c(Cl)cc1F)C1CCOC1. The van der Waals surface area contributed by atoms with Crippen LogP contribution in [0.4, 0.5) is 8.78 Å². The fourth-order valence-electron chi connectivity index (χ4n) is 2.42. The lowest BCUT2D eigenvalue weighted by atomic mass is 9.91. The Hall–Kier alpha value is -0.710. The second-order valence-corrected chi connectivity index (χ2v) is 5.25. The average Bonchev–Trinajstić information content (AvgIpc) is 2.89. The molecule has 1 aromatic carbocycles. The molecule has 106 valence electrons. The third kappa shape index (κ3) is 3.44. The molecule has 1 N–H and O–H groups in total. The maximum atomic E-state index is 14.0. The minimum Gasteiger partial charge on any atom is -0.381 e. The highest BCUT2D eigenvalue weighted by Gasteiger charge is 2.29. The molecule has 0 amide bonds. The summed E-state index contributed by atoms with van der Waals surface area (Å²) in [5.74, 6) is -0.881. The first-order chi connectivity index (χ1) is 9.13. The Bertz CT molecular complexity index is 436. The molecule has 2 atom stereocenters. The highest BCUT2D eigenvalue weighted by molar-refractivity contribution is 6.30. The summed E-state index contributed by atoms with van der Waals surface area (Å²) in [5.41, 5.74) is 0.339. The van der Waals surface area contributed by atoms with Crippen LogP contribution in [0.5, 0.6) is 0 Å². The number of halogens is 3. The molecule has 1 aliphatic heterocycles. The van der Waals surface area contributed by atoms with E-state index in [4.69, 9.17) is 16.3 Å². The van der Waals surface area contributed by atoms with Gasteiger partial charge in [-0.05, 0) is 31.5 Å². The lowest BCUT2D eigenvalue weighted by Gasteiger charge is -2.25. The monoisotopic (exact) mass is 289 g/mol. The van der Waals surface area contributed by atoms with Crippen molar-refractivity contribution in [2.75, 3.05) is 19.8 Å². The largest absolute Gasteiger partial charge is 0.381 e. The van der Waals surface area contributed by atoms with E-state index in [1.165, 1.54) is 6.07 Å². The van der Waals surface area contributed by atoms with E-state index in [9.17, 15) is 8.78 Å². The molecule has 2 nitrogen and oxygen atoms in total. The minimum absolute atomic E-state index is 0.168. The van der Waals surface area contributed by atoms with Crippen LogP contribution in [0, 0.1) is 17.6 Å². The average molecular weight is 290 g/mol. The van der Waals surface area contributed by atoms with Gasteiger partial charge in [-0.3, -0.25) is 0 Å². The molecule has 1 aliphatic rings. The molecule has 5 heteroatoms. The van der Waals surface area contributed by atoms with Crippen LogP contribution in [0.3, 0.4) is 0 Å². The number of hydrogen-bond donors (Lipinski definition) is 1. The molecule has 19 heavy (non-hydrogen) atoms. The summed E-state index contributed by atoms with van der Waals surface area (Å²) >= 11 is 5.59. The summed E-state index contributed by atoms with van der Waals surface area (Å²) in [7, 11) is 0. The van der Waals surface area contributed by atoms with Crippen molar-refractivity contribution in [1.82, 2.24) is 5.32 Å². The standard InChI is InChI=1S/C14H18ClF2NO/c1-2-4-18-14(9-3-5-19-8-9)10-6-13(17)11(15)7-12(10)16/h6-7,9,14,18H,2-5,8H2,1H3. The molecule has 0 bridgehead atoms. The van der Waals surface area contributed by atoms with Gasteiger partial charge in [0.1, 0.15) is 11.6 Å². The molecule has 2 unspecified atom stereocenters. The van der Waals surface area contributed by atoms with E-state index in [1.807, 2.05) is 6.92 Å². The molecule has 0 radical (unpaired) electrons. The maximum absolute atomic E-state index is 14.0. The summed E-state index contributed by atoms with van der Waals surface area (Å²) < 4.78 is 33.0. The Morgan fingerprint density at radius 3 is 2.84 bits per heavy atom. The van der Waals surface area contributed by atoms with E-state index in [0.717, 1.165) is 25.5 Å². The molecule has 0 spiro atoms. The molecule has 1 fully saturated rings. The fraction of sp³-hybridized carbons (Fsp3) is 0.571.